The number of rotatable bonds is 3. The summed E-state index contributed by atoms with van der Waals surface area (Å²) in [7, 11) is 0. The second-order valence-corrected chi connectivity index (χ2v) is 7.49. The van der Waals surface area contributed by atoms with Gasteiger partial charge < -0.3 is 9.80 Å². The first-order valence-corrected chi connectivity index (χ1v) is 9.49. The monoisotopic (exact) mass is 355 g/mol. The predicted octanol–water partition coefficient (Wildman–Crippen LogP) is 1.90. The maximum absolute atomic E-state index is 12.9. The van der Waals surface area contributed by atoms with Crippen LogP contribution in [-0.4, -0.2) is 62.4 Å². The second kappa shape index (κ2) is 7.05. The van der Waals surface area contributed by atoms with Gasteiger partial charge in [0.25, 0.3) is 5.91 Å². The highest BCUT2D eigenvalue weighted by Gasteiger charge is 2.28. The molecule has 0 aromatic carbocycles. The SMILES string of the molecule is Cc1cnc2c(C(=O)N3CCC(CC(=O)N4CCCC4)CC3)cnn2c1. The third-order valence-corrected chi connectivity index (χ3v) is 5.54. The number of carbonyl (C=O) groups excluding carboxylic acids is 2. The van der Waals surface area contributed by atoms with Crippen molar-refractivity contribution in [2.75, 3.05) is 26.2 Å². The van der Waals surface area contributed by atoms with Crippen molar-refractivity contribution >= 4 is 17.5 Å². The lowest BCUT2D eigenvalue weighted by atomic mass is 9.92. The predicted molar refractivity (Wildman–Crippen MR) is 96.8 cm³/mol. The molecule has 0 atom stereocenters. The normalized spacial score (nSPS) is 18.7. The summed E-state index contributed by atoms with van der Waals surface area (Å²) in [6, 6.07) is 0. The Labute approximate surface area is 153 Å². The zero-order valence-electron chi connectivity index (χ0n) is 15.2. The van der Waals surface area contributed by atoms with Gasteiger partial charge in [-0.2, -0.15) is 5.10 Å². The molecule has 2 aliphatic rings. The molecule has 2 amide bonds. The fourth-order valence-electron chi connectivity index (χ4n) is 3.97. The molecular weight excluding hydrogens is 330 g/mol. The van der Waals surface area contributed by atoms with Crippen molar-refractivity contribution in [2.45, 2.75) is 39.0 Å². The Hall–Kier alpha value is -2.44. The molecule has 0 unspecified atom stereocenters. The molecule has 0 N–H and O–H groups in total. The molecule has 0 aliphatic carbocycles. The zero-order valence-corrected chi connectivity index (χ0v) is 15.2. The van der Waals surface area contributed by atoms with E-state index in [1.165, 1.54) is 0 Å². The number of piperidine rings is 1. The largest absolute Gasteiger partial charge is 0.343 e. The van der Waals surface area contributed by atoms with Gasteiger partial charge in [-0.3, -0.25) is 9.59 Å². The minimum atomic E-state index is -0.0133. The zero-order chi connectivity index (χ0) is 18.1. The van der Waals surface area contributed by atoms with E-state index >= 15 is 0 Å². The number of fused-ring (bicyclic) bond motifs is 1. The summed E-state index contributed by atoms with van der Waals surface area (Å²) in [6.07, 6.45) is 9.89. The van der Waals surface area contributed by atoms with Crippen molar-refractivity contribution in [1.29, 1.82) is 0 Å². The molecule has 0 saturated carbocycles. The van der Waals surface area contributed by atoms with Gasteiger partial charge in [-0.25, -0.2) is 9.50 Å². The summed E-state index contributed by atoms with van der Waals surface area (Å²) in [6.45, 7) is 5.17. The summed E-state index contributed by atoms with van der Waals surface area (Å²) in [5.74, 6) is 0.659. The van der Waals surface area contributed by atoms with Gasteiger partial charge in [0.1, 0.15) is 5.56 Å². The van der Waals surface area contributed by atoms with Gasteiger partial charge in [0.15, 0.2) is 5.65 Å². The highest BCUT2D eigenvalue weighted by atomic mass is 16.2. The van der Waals surface area contributed by atoms with E-state index in [1.807, 2.05) is 22.9 Å². The Kier molecular flexibility index (Phi) is 4.61. The average Bonchev–Trinajstić information content (AvgIpc) is 3.31. The minimum absolute atomic E-state index is 0.0133. The topological polar surface area (TPSA) is 70.8 Å². The van der Waals surface area contributed by atoms with Crippen LogP contribution in [0.5, 0.6) is 0 Å². The first-order valence-electron chi connectivity index (χ1n) is 9.49. The van der Waals surface area contributed by atoms with Gasteiger partial charge >= 0.3 is 0 Å². The van der Waals surface area contributed by atoms with E-state index in [4.69, 9.17) is 0 Å². The number of aryl methyl sites for hydroxylation is 1. The van der Waals surface area contributed by atoms with Crippen LogP contribution in [-0.2, 0) is 4.79 Å². The molecule has 4 rings (SSSR count). The fourth-order valence-corrected chi connectivity index (χ4v) is 3.97. The molecule has 0 bridgehead atoms. The number of hydrogen-bond acceptors (Lipinski definition) is 4. The standard InChI is InChI=1S/C19H25N5O2/c1-14-11-20-18-16(12-21-24(18)13-14)19(26)23-8-4-15(5-9-23)10-17(25)22-6-2-3-7-22/h11-13,15H,2-10H2,1H3. The van der Waals surface area contributed by atoms with Crippen LogP contribution in [0.15, 0.2) is 18.6 Å². The molecule has 2 fully saturated rings. The molecule has 4 heterocycles. The highest BCUT2D eigenvalue weighted by molar-refractivity contribution is 5.99. The lowest BCUT2D eigenvalue weighted by Crippen LogP contribution is -2.40. The van der Waals surface area contributed by atoms with E-state index in [0.29, 0.717) is 36.6 Å². The van der Waals surface area contributed by atoms with Gasteiger partial charge in [-0.15, -0.1) is 0 Å². The van der Waals surface area contributed by atoms with Crippen LogP contribution in [0.3, 0.4) is 0 Å². The van der Waals surface area contributed by atoms with E-state index in [9.17, 15) is 9.59 Å². The Balaban J connectivity index is 1.36. The molecule has 138 valence electrons. The van der Waals surface area contributed by atoms with Crippen LogP contribution >= 0.6 is 0 Å². The van der Waals surface area contributed by atoms with Gasteiger partial charge in [0, 0.05) is 45.0 Å². The van der Waals surface area contributed by atoms with Gasteiger partial charge in [0.05, 0.1) is 6.20 Å². The molecule has 7 nitrogen and oxygen atoms in total. The quantitative estimate of drug-likeness (QED) is 0.843. The van der Waals surface area contributed by atoms with Crippen molar-refractivity contribution in [1.82, 2.24) is 24.4 Å². The smallest absolute Gasteiger partial charge is 0.259 e. The van der Waals surface area contributed by atoms with E-state index < -0.39 is 0 Å². The third kappa shape index (κ3) is 3.30. The van der Waals surface area contributed by atoms with Crippen molar-refractivity contribution in [3.63, 3.8) is 0 Å². The van der Waals surface area contributed by atoms with E-state index in [2.05, 4.69) is 10.1 Å². The summed E-state index contributed by atoms with van der Waals surface area (Å²) in [5, 5.41) is 4.25. The number of amides is 2. The van der Waals surface area contributed by atoms with Crippen molar-refractivity contribution in [3.8, 4) is 0 Å². The molecular formula is C19H25N5O2. The number of nitrogens with zero attached hydrogens (tertiary/aromatic N) is 5. The lowest BCUT2D eigenvalue weighted by molar-refractivity contribution is -0.131. The number of aromatic nitrogens is 3. The van der Waals surface area contributed by atoms with Crippen LogP contribution in [0.25, 0.3) is 5.65 Å². The Morgan fingerprint density at radius 2 is 1.81 bits per heavy atom. The maximum atomic E-state index is 12.9. The number of likely N-dealkylation sites (tertiary alicyclic amines) is 2. The van der Waals surface area contributed by atoms with Crippen LogP contribution < -0.4 is 0 Å². The molecule has 0 radical (unpaired) electrons. The Morgan fingerprint density at radius 1 is 1.08 bits per heavy atom. The maximum Gasteiger partial charge on any atom is 0.259 e. The van der Waals surface area contributed by atoms with E-state index in [0.717, 1.165) is 44.3 Å². The molecule has 7 heteroatoms. The lowest BCUT2D eigenvalue weighted by Gasteiger charge is -2.32. The minimum Gasteiger partial charge on any atom is -0.343 e. The van der Waals surface area contributed by atoms with Crippen LogP contribution in [0.4, 0.5) is 0 Å². The van der Waals surface area contributed by atoms with Crippen LogP contribution in [0.1, 0.15) is 48.0 Å². The van der Waals surface area contributed by atoms with Gasteiger partial charge in [-0.1, -0.05) is 0 Å². The Bertz CT molecular complexity index is 816. The van der Waals surface area contributed by atoms with Gasteiger partial charge in [-0.05, 0) is 44.1 Å². The first-order chi connectivity index (χ1) is 12.6. The second-order valence-electron chi connectivity index (χ2n) is 7.49. The summed E-state index contributed by atoms with van der Waals surface area (Å²) < 4.78 is 1.66. The fraction of sp³-hybridized carbons (Fsp3) is 0.579. The first kappa shape index (κ1) is 17.0. The van der Waals surface area contributed by atoms with Crippen molar-refractivity contribution < 1.29 is 9.59 Å². The van der Waals surface area contributed by atoms with Crippen molar-refractivity contribution in [2.24, 2.45) is 5.92 Å². The van der Waals surface area contributed by atoms with Crippen molar-refractivity contribution in [3.05, 3.63) is 29.7 Å². The molecule has 2 aromatic heterocycles. The van der Waals surface area contributed by atoms with Crippen LogP contribution in [0, 0.1) is 12.8 Å². The molecule has 2 aromatic rings. The third-order valence-electron chi connectivity index (χ3n) is 5.54. The number of carbonyl (C=O) groups is 2. The molecule has 2 aliphatic heterocycles. The Morgan fingerprint density at radius 3 is 2.54 bits per heavy atom. The summed E-state index contributed by atoms with van der Waals surface area (Å²) >= 11 is 0. The molecule has 2 saturated heterocycles. The average molecular weight is 355 g/mol. The molecule has 26 heavy (non-hydrogen) atoms. The van der Waals surface area contributed by atoms with Crippen LogP contribution in [0.2, 0.25) is 0 Å². The number of hydrogen-bond donors (Lipinski definition) is 0. The summed E-state index contributed by atoms with van der Waals surface area (Å²) in [5.41, 5.74) is 2.16. The highest BCUT2D eigenvalue weighted by Crippen LogP contribution is 2.24. The summed E-state index contributed by atoms with van der Waals surface area (Å²) in [4.78, 5) is 33.4. The van der Waals surface area contributed by atoms with Gasteiger partial charge in [0.2, 0.25) is 5.91 Å². The van der Waals surface area contributed by atoms with E-state index in [1.54, 1.807) is 16.9 Å². The van der Waals surface area contributed by atoms with E-state index in [-0.39, 0.29) is 11.8 Å². The molecule has 0 spiro atoms.